The summed E-state index contributed by atoms with van der Waals surface area (Å²) in [6.45, 7) is 0. The average molecular weight is 243 g/mol. The van der Waals surface area contributed by atoms with Crippen molar-refractivity contribution in [3.63, 3.8) is 0 Å². The van der Waals surface area contributed by atoms with Gasteiger partial charge in [-0.2, -0.15) is 0 Å². The Morgan fingerprint density at radius 2 is 1.77 bits per heavy atom. The van der Waals surface area contributed by atoms with Crippen molar-refractivity contribution in [2.24, 2.45) is 0 Å². The van der Waals surface area contributed by atoms with E-state index in [0.29, 0.717) is 4.32 Å². The molecule has 0 radical (unpaired) electrons. The Bertz CT molecular complexity index is 199. The van der Waals surface area contributed by atoms with Gasteiger partial charge in [-0.25, -0.2) is 0 Å². The van der Waals surface area contributed by atoms with Crippen molar-refractivity contribution in [3.05, 3.63) is 11.6 Å². The van der Waals surface area contributed by atoms with Crippen molar-refractivity contribution >= 4 is 15.9 Å². The number of rotatable bonds is 1. The molecule has 0 nitrogen and oxygen atoms in total. The van der Waals surface area contributed by atoms with Crippen LogP contribution in [0.4, 0.5) is 0 Å². The fourth-order valence-electron chi connectivity index (χ4n) is 2.68. The Labute approximate surface area is 89.9 Å². The Kier molecular flexibility index (Phi) is 3.13. The van der Waals surface area contributed by atoms with Crippen LogP contribution in [0.1, 0.15) is 57.8 Å². The lowest BCUT2D eigenvalue weighted by atomic mass is 9.79. The Hall–Kier alpha value is 0.220. The van der Waals surface area contributed by atoms with Crippen LogP contribution in [0.3, 0.4) is 0 Å². The lowest BCUT2D eigenvalue weighted by molar-refractivity contribution is 0.428. The number of hydrogen-bond donors (Lipinski definition) is 0. The zero-order chi connectivity index (χ0) is 9.15. The minimum atomic E-state index is 0.422. The normalized spacial score (nSPS) is 28.2. The summed E-state index contributed by atoms with van der Waals surface area (Å²) < 4.78 is 0.422. The van der Waals surface area contributed by atoms with Gasteiger partial charge in [-0.05, 0) is 38.5 Å². The van der Waals surface area contributed by atoms with Crippen molar-refractivity contribution in [1.82, 2.24) is 0 Å². The lowest BCUT2D eigenvalue weighted by Crippen LogP contribution is -2.27. The minimum absolute atomic E-state index is 0.422. The second-order valence-corrected chi connectivity index (χ2v) is 6.02. The van der Waals surface area contributed by atoms with Crippen LogP contribution in [0.25, 0.3) is 0 Å². The summed E-state index contributed by atoms with van der Waals surface area (Å²) in [6, 6.07) is 0. The van der Waals surface area contributed by atoms with E-state index in [1.165, 1.54) is 57.8 Å². The first-order valence-electron chi connectivity index (χ1n) is 5.70. The molecule has 0 saturated heterocycles. The summed E-state index contributed by atoms with van der Waals surface area (Å²) in [5, 5.41) is 0. The highest BCUT2D eigenvalue weighted by Crippen LogP contribution is 2.44. The summed E-state index contributed by atoms with van der Waals surface area (Å²) in [4.78, 5) is 0. The molecule has 0 aliphatic heterocycles. The molecule has 0 aromatic rings. The minimum Gasteiger partial charge on any atom is -0.0839 e. The summed E-state index contributed by atoms with van der Waals surface area (Å²) in [6.07, 6.45) is 15.0. The Morgan fingerprint density at radius 3 is 2.38 bits per heavy atom. The molecule has 0 spiro atoms. The van der Waals surface area contributed by atoms with Gasteiger partial charge in [0.15, 0.2) is 0 Å². The molecule has 2 aliphatic rings. The van der Waals surface area contributed by atoms with Gasteiger partial charge < -0.3 is 0 Å². The highest BCUT2D eigenvalue weighted by Gasteiger charge is 2.32. The molecule has 1 saturated carbocycles. The van der Waals surface area contributed by atoms with Gasteiger partial charge in [-0.1, -0.05) is 46.8 Å². The third kappa shape index (κ3) is 2.18. The van der Waals surface area contributed by atoms with Crippen molar-refractivity contribution < 1.29 is 0 Å². The van der Waals surface area contributed by atoms with Crippen molar-refractivity contribution in [1.29, 1.82) is 0 Å². The first-order chi connectivity index (χ1) is 6.31. The molecule has 1 fully saturated rings. The highest BCUT2D eigenvalue weighted by atomic mass is 79.9. The van der Waals surface area contributed by atoms with Gasteiger partial charge in [0.2, 0.25) is 0 Å². The fourth-order valence-corrected chi connectivity index (χ4v) is 3.60. The van der Waals surface area contributed by atoms with E-state index in [4.69, 9.17) is 0 Å². The van der Waals surface area contributed by atoms with Gasteiger partial charge in [0, 0.05) is 4.32 Å². The van der Waals surface area contributed by atoms with Crippen LogP contribution >= 0.6 is 15.9 Å². The zero-order valence-corrected chi connectivity index (χ0v) is 9.91. The van der Waals surface area contributed by atoms with E-state index in [9.17, 15) is 0 Å². The van der Waals surface area contributed by atoms with E-state index >= 15 is 0 Å². The Morgan fingerprint density at radius 1 is 1.00 bits per heavy atom. The monoisotopic (exact) mass is 242 g/mol. The highest BCUT2D eigenvalue weighted by molar-refractivity contribution is 9.10. The molecular weight excluding hydrogens is 224 g/mol. The Balaban J connectivity index is 2.07. The zero-order valence-electron chi connectivity index (χ0n) is 8.32. The number of allylic oxidation sites excluding steroid dienone is 2. The predicted molar refractivity (Wildman–Crippen MR) is 61.3 cm³/mol. The molecule has 74 valence electrons. The van der Waals surface area contributed by atoms with Crippen molar-refractivity contribution in [3.8, 4) is 0 Å². The molecule has 0 bridgehead atoms. The van der Waals surface area contributed by atoms with Gasteiger partial charge in [0.1, 0.15) is 0 Å². The van der Waals surface area contributed by atoms with Crippen LogP contribution in [-0.2, 0) is 0 Å². The van der Waals surface area contributed by atoms with Gasteiger partial charge in [-0.15, -0.1) is 0 Å². The first kappa shape index (κ1) is 9.76. The van der Waals surface area contributed by atoms with E-state index in [1.807, 2.05) is 0 Å². The van der Waals surface area contributed by atoms with E-state index in [1.54, 1.807) is 5.57 Å². The van der Waals surface area contributed by atoms with Crippen LogP contribution in [0, 0.1) is 0 Å². The molecule has 0 unspecified atom stereocenters. The summed E-state index contributed by atoms with van der Waals surface area (Å²) in [7, 11) is 0. The third-order valence-electron chi connectivity index (χ3n) is 3.51. The maximum absolute atomic E-state index is 3.99. The quantitative estimate of drug-likeness (QED) is 0.467. The first-order valence-corrected chi connectivity index (χ1v) is 6.49. The van der Waals surface area contributed by atoms with Crippen LogP contribution in [-0.4, -0.2) is 4.32 Å². The topological polar surface area (TPSA) is 0 Å². The van der Waals surface area contributed by atoms with E-state index < -0.39 is 0 Å². The number of halogens is 1. The van der Waals surface area contributed by atoms with Crippen LogP contribution < -0.4 is 0 Å². The van der Waals surface area contributed by atoms with Gasteiger partial charge in [0.25, 0.3) is 0 Å². The van der Waals surface area contributed by atoms with E-state index in [-0.39, 0.29) is 0 Å². The summed E-state index contributed by atoms with van der Waals surface area (Å²) >= 11 is 3.99. The largest absolute Gasteiger partial charge is 0.0839 e. The van der Waals surface area contributed by atoms with Crippen molar-refractivity contribution in [2.75, 3.05) is 0 Å². The second-order valence-electron chi connectivity index (χ2n) is 4.50. The maximum Gasteiger partial charge on any atom is 0.0466 e. The van der Waals surface area contributed by atoms with Gasteiger partial charge in [-0.3, -0.25) is 0 Å². The van der Waals surface area contributed by atoms with Crippen LogP contribution in [0.15, 0.2) is 11.6 Å². The molecule has 0 heterocycles. The molecule has 0 amide bonds. The molecule has 1 heteroatoms. The molecule has 0 atom stereocenters. The van der Waals surface area contributed by atoms with Crippen LogP contribution in [0.2, 0.25) is 0 Å². The van der Waals surface area contributed by atoms with Crippen molar-refractivity contribution in [2.45, 2.75) is 62.1 Å². The maximum atomic E-state index is 3.99. The number of hydrogen-bond acceptors (Lipinski definition) is 0. The second kappa shape index (κ2) is 4.16. The molecule has 0 aromatic carbocycles. The van der Waals surface area contributed by atoms with Gasteiger partial charge in [0.05, 0.1) is 0 Å². The predicted octanol–water partition coefficient (Wildman–Crippen LogP) is 4.58. The van der Waals surface area contributed by atoms with Gasteiger partial charge >= 0.3 is 0 Å². The lowest BCUT2D eigenvalue weighted by Gasteiger charge is -2.35. The number of alkyl halides is 1. The average Bonchev–Trinajstić information content (AvgIpc) is 2.20. The van der Waals surface area contributed by atoms with E-state index in [0.717, 1.165) is 0 Å². The molecule has 0 N–H and O–H groups in total. The molecular formula is C12H19Br. The smallest absolute Gasteiger partial charge is 0.0466 e. The fraction of sp³-hybridized carbons (Fsp3) is 0.833. The summed E-state index contributed by atoms with van der Waals surface area (Å²) in [5.74, 6) is 0. The molecule has 13 heavy (non-hydrogen) atoms. The SMILES string of the molecule is BrC1(C2=CCCCC2)CCCCC1. The molecule has 0 aromatic heterocycles. The molecule has 2 aliphatic carbocycles. The standard InChI is InChI=1S/C12H19Br/c13-12(9-5-2-6-10-12)11-7-3-1-4-8-11/h7H,1-6,8-10H2. The summed E-state index contributed by atoms with van der Waals surface area (Å²) in [5.41, 5.74) is 1.72. The third-order valence-corrected chi connectivity index (χ3v) is 4.81. The molecule has 2 rings (SSSR count). The van der Waals surface area contributed by atoms with E-state index in [2.05, 4.69) is 22.0 Å². The van der Waals surface area contributed by atoms with Crippen LogP contribution in [0.5, 0.6) is 0 Å².